The van der Waals surface area contributed by atoms with E-state index in [4.69, 9.17) is 4.74 Å². The summed E-state index contributed by atoms with van der Waals surface area (Å²) in [5.74, 6) is 0. The second-order valence-corrected chi connectivity index (χ2v) is 5.04. The topological polar surface area (TPSA) is 47.0 Å². The summed E-state index contributed by atoms with van der Waals surface area (Å²) in [6.45, 7) is 5.34. The molecule has 0 amide bonds. The molecule has 0 aliphatic rings. The molecule has 1 atom stereocenters. The van der Waals surface area contributed by atoms with Crippen LogP contribution in [-0.2, 0) is 4.74 Å². The van der Waals surface area contributed by atoms with Crippen LogP contribution in [0.3, 0.4) is 0 Å². The predicted molar refractivity (Wildman–Crippen MR) is 73.9 cm³/mol. The van der Waals surface area contributed by atoms with Gasteiger partial charge in [-0.15, -0.1) is 10.2 Å². The summed E-state index contributed by atoms with van der Waals surface area (Å²) in [6.07, 6.45) is 0.0420. The highest BCUT2D eigenvalue weighted by molar-refractivity contribution is 7.15. The smallest absolute Gasteiger partial charge is 0.205 e. The highest BCUT2D eigenvalue weighted by Crippen LogP contribution is 2.20. The molecule has 0 saturated heterocycles. The fourth-order valence-electron chi connectivity index (χ4n) is 1.69. The molecule has 1 heterocycles. The van der Waals surface area contributed by atoms with Crippen LogP contribution in [0, 0.1) is 6.92 Å². The predicted octanol–water partition coefficient (Wildman–Crippen LogP) is 3.04. The Hall–Kier alpha value is -1.46. The number of anilines is 1. The molecule has 2 rings (SSSR count). The first-order valence-corrected chi connectivity index (χ1v) is 6.81. The number of hydrogen-bond donors (Lipinski definition) is 1. The van der Waals surface area contributed by atoms with Crippen molar-refractivity contribution in [2.75, 3.05) is 18.5 Å². The van der Waals surface area contributed by atoms with Gasteiger partial charge < -0.3 is 10.1 Å². The third kappa shape index (κ3) is 3.51. The third-order valence-corrected chi connectivity index (χ3v) is 3.30. The Balaban J connectivity index is 1.98. The lowest BCUT2D eigenvalue weighted by atomic mass is 10.1. The van der Waals surface area contributed by atoms with E-state index in [1.54, 1.807) is 11.3 Å². The molecule has 1 N–H and O–H groups in total. The number of benzene rings is 1. The van der Waals surface area contributed by atoms with Gasteiger partial charge in [0.15, 0.2) is 0 Å². The Bertz CT molecular complexity index is 472. The van der Waals surface area contributed by atoms with E-state index < -0.39 is 0 Å². The fraction of sp³-hybridized carbons (Fsp3) is 0.385. The summed E-state index contributed by atoms with van der Waals surface area (Å²) >= 11 is 1.55. The van der Waals surface area contributed by atoms with Crippen molar-refractivity contribution in [2.45, 2.75) is 20.0 Å². The Morgan fingerprint density at radius 1 is 1.28 bits per heavy atom. The van der Waals surface area contributed by atoms with Gasteiger partial charge in [-0.3, -0.25) is 0 Å². The van der Waals surface area contributed by atoms with Gasteiger partial charge in [-0.2, -0.15) is 0 Å². The number of nitrogens with zero attached hydrogens (tertiary/aromatic N) is 2. The lowest BCUT2D eigenvalue weighted by molar-refractivity contribution is 0.0719. The Morgan fingerprint density at radius 3 is 2.67 bits per heavy atom. The molecule has 0 bridgehead atoms. The van der Waals surface area contributed by atoms with Gasteiger partial charge in [0.05, 0.1) is 6.10 Å². The summed E-state index contributed by atoms with van der Waals surface area (Å²) in [7, 11) is 0. The van der Waals surface area contributed by atoms with E-state index in [1.165, 1.54) is 5.56 Å². The zero-order chi connectivity index (χ0) is 12.8. The minimum absolute atomic E-state index is 0.0420. The molecule has 96 valence electrons. The fourth-order valence-corrected chi connectivity index (χ4v) is 2.29. The van der Waals surface area contributed by atoms with Crippen molar-refractivity contribution in [1.29, 1.82) is 0 Å². The highest BCUT2D eigenvalue weighted by atomic mass is 32.1. The van der Waals surface area contributed by atoms with Crippen LogP contribution in [0.15, 0.2) is 30.3 Å². The Kier molecular flexibility index (Phi) is 4.66. The van der Waals surface area contributed by atoms with E-state index in [1.807, 2.05) is 32.0 Å². The van der Waals surface area contributed by atoms with Gasteiger partial charge in [0.2, 0.25) is 5.13 Å². The monoisotopic (exact) mass is 263 g/mol. The number of aryl methyl sites for hydroxylation is 1. The van der Waals surface area contributed by atoms with Crippen molar-refractivity contribution in [3.63, 3.8) is 0 Å². The maximum Gasteiger partial charge on any atom is 0.205 e. The van der Waals surface area contributed by atoms with Gasteiger partial charge in [0, 0.05) is 13.2 Å². The van der Waals surface area contributed by atoms with Crippen LogP contribution in [-0.4, -0.2) is 23.3 Å². The molecule has 1 aromatic heterocycles. The first kappa shape index (κ1) is 13.0. The van der Waals surface area contributed by atoms with E-state index >= 15 is 0 Å². The first-order chi connectivity index (χ1) is 8.79. The number of aromatic nitrogens is 2. The van der Waals surface area contributed by atoms with Crippen molar-refractivity contribution in [1.82, 2.24) is 10.2 Å². The van der Waals surface area contributed by atoms with Crippen LogP contribution in [0.5, 0.6) is 0 Å². The van der Waals surface area contributed by atoms with Crippen molar-refractivity contribution >= 4 is 16.5 Å². The second kappa shape index (κ2) is 6.47. The van der Waals surface area contributed by atoms with Gasteiger partial charge in [-0.1, -0.05) is 41.7 Å². The Morgan fingerprint density at radius 2 is 2.06 bits per heavy atom. The van der Waals surface area contributed by atoms with Crippen LogP contribution >= 0.6 is 11.3 Å². The molecule has 1 aromatic carbocycles. The Labute approximate surface area is 111 Å². The minimum atomic E-state index is 0.0420. The summed E-state index contributed by atoms with van der Waals surface area (Å²) in [5.41, 5.74) is 1.17. The molecule has 5 heteroatoms. The van der Waals surface area contributed by atoms with E-state index in [9.17, 15) is 0 Å². The standard InChI is InChI=1S/C13H17N3OS/c1-3-17-12(11-7-5-4-6-8-11)9-14-13-16-15-10(2)18-13/h4-8,12H,3,9H2,1-2H3,(H,14,16). The summed E-state index contributed by atoms with van der Waals surface area (Å²) < 4.78 is 5.75. The molecular weight excluding hydrogens is 246 g/mol. The largest absolute Gasteiger partial charge is 0.372 e. The van der Waals surface area contributed by atoms with Gasteiger partial charge in [0.1, 0.15) is 5.01 Å². The van der Waals surface area contributed by atoms with Gasteiger partial charge in [0.25, 0.3) is 0 Å². The second-order valence-electron chi connectivity index (χ2n) is 3.86. The van der Waals surface area contributed by atoms with Gasteiger partial charge in [-0.25, -0.2) is 0 Å². The molecule has 0 radical (unpaired) electrons. The quantitative estimate of drug-likeness (QED) is 0.870. The van der Waals surface area contributed by atoms with E-state index in [2.05, 4.69) is 27.6 Å². The zero-order valence-electron chi connectivity index (χ0n) is 10.6. The zero-order valence-corrected chi connectivity index (χ0v) is 11.4. The normalized spacial score (nSPS) is 12.3. The molecule has 2 aromatic rings. The number of rotatable bonds is 6. The van der Waals surface area contributed by atoms with Crippen LogP contribution in [0.25, 0.3) is 0 Å². The average Bonchev–Trinajstić information content (AvgIpc) is 2.81. The molecule has 1 unspecified atom stereocenters. The van der Waals surface area contributed by atoms with Crippen LogP contribution in [0.1, 0.15) is 23.6 Å². The van der Waals surface area contributed by atoms with Crippen molar-refractivity contribution < 1.29 is 4.74 Å². The van der Waals surface area contributed by atoms with E-state index in [-0.39, 0.29) is 6.10 Å². The summed E-state index contributed by atoms with van der Waals surface area (Å²) in [4.78, 5) is 0. The van der Waals surface area contributed by atoms with Crippen LogP contribution < -0.4 is 5.32 Å². The molecule has 18 heavy (non-hydrogen) atoms. The summed E-state index contributed by atoms with van der Waals surface area (Å²) in [5, 5.41) is 13.1. The first-order valence-electron chi connectivity index (χ1n) is 6.00. The van der Waals surface area contributed by atoms with Crippen molar-refractivity contribution in [3.05, 3.63) is 40.9 Å². The van der Waals surface area contributed by atoms with Crippen molar-refractivity contribution in [3.8, 4) is 0 Å². The number of nitrogens with one attached hydrogen (secondary N) is 1. The van der Waals surface area contributed by atoms with E-state index in [0.717, 1.165) is 10.1 Å². The third-order valence-electron chi connectivity index (χ3n) is 2.50. The molecule has 0 saturated carbocycles. The average molecular weight is 263 g/mol. The lowest BCUT2D eigenvalue weighted by Crippen LogP contribution is -2.15. The molecule has 0 aliphatic heterocycles. The highest BCUT2D eigenvalue weighted by Gasteiger charge is 2.11. The lowest BCUT2D eigenvalue weighted by Gasteiger charge is -2.17. The SMILES string of the molecule is CCOC(CNc1nnc(C)s1)c1ccccc1. The molecule has 0 spiro atoms. The number of ether oxygens (including phenoxy) is 1. The summed E-state index contributed by atoms with van der Waals surface area (Å²) in [6, 6.07) is 10.2. The molecule has 0 fully saturated rings. The maximum absolute atomic E-state index is 5.75. The van der Waals surface area contributed by atoms with E-state index in [0.29, 0.717) is 13.2 Å². The molecular formula is C13H17N3OS. The van der Waals surface area contributed by atoms with Crippen molar-refractivity contribution in [2.24, 2.45) is 0 Å². The van der Waals surface area contributed by atoms with Crippen LogP contribution in [0.2, 0.25) is 0 Å². The van der Waals surface area contributed by atoms with Gasteiger partial charge >= 0.3 is 0 Å². The number of hydrogen-bond acceptors (Lipinski definition) is 5. The maximum atomic E-state index is 5.75. The molecule has 4 nitrogen and oxygen atoms in total. The van der Waals surface area contributed by atoms with Crippen LogP contribution in [0.4, 0.5) is 5.13 Å². The minimum Gasteiger partial charge on any atom is -0.372 e. The molecule has 0 aliphatic carbocycles. The van der Waals surface area contributed by atoms with Gasteiger partial charge in [-0.05, 0) is 19.4 Å².